The molecule has 0 spiro atoms. The van der Waals surface area contributed by atoms with Gasteiger partial charge in [-0.3, -0.25) is 0 Å². The Hall–Kier alpha value is -1.09. The van der Waals surface area contributed by atoms with E-state index in [4.69, 9.17) is 23.2 Å². The largest absolute Gasteiger partial charge is 0.338 e. The summed E-state index contributed by atoms with van der Waals surface area (Å²) < 4.78 is 13.0. The summed E-state index contributed by atoms with van der Waals surface area (Å²) in [6.07, 6.45) is 2.65. The summed E-state index contributed by atoms with van der Waals surface area (Å²) in [5, 5.41) is 4.39. The van der Waals surface area contributed by atoms with Crippen LogP contribution in [0.2, 0.25) is 10.3 Å². The van der Waals surface area contributed by atoms with E-state index in [0.29, 0.717) is 23.2 Å². The van der Waals surface area contributed by atoms with Gasteiger partial charge in [0, 0.05) is 17.6 Å². The molecule has 0 unspecified atom stereocenters. The van der Waals surface area contributed by atoms with Crippen LogP contribution in [0.4, 0.5) is 11.5 Å². The SMILES string of the molecule is CCP(=O)(CC)c1ccccc1Nc1nc(Cl)ncc1Cl. The number of benzene rings is 1. The average molecular weight is 344 g/mol. The molecule has 0 aliphatic heterocycles. The fourth-order valence-electron chi connectivity index (χ4n) is 2.06. The molecule has 1 aromatic heterocycles. The van der Waals surface area contributed by atoms with Gasteiger partial charge >= 0.3 is 0 Å². The Bertz CT molecular complexity index is 686. The normalized spacial score (nSPS) is 11.4. The molecule has 0 radical (unpaired) electrons. The van der Waals surface area contributed by atoms with Crippen LogP contribution in [0.1, 0.15) is 13.8 Å². The summed E-state index contributed by atoms with van der Waals surface area (Å²) in [6.45, 7) is 3.88. The minimum atomic E-state index is -2.42. The van der Waals surface area contributed by atoms with Gasteiger partial charge in [-0.2, -0.15) is 4.98 Å². The van der Waals surface area contributed by atoms with Gasteiger partial charge < -0.3 is 9.88 Å². The fraction of sp³-hybridized carbons (Fsp3) is 0.286. The first kappa shape index (κ1) is 16.3. The van der Waals surface area contributed by atoms with Gasteiger partial charge in [0.15, 0.2) is 5.82 Å². The average Bonchev–Trinajstić information content (AvgIpc) is 2.51. The van der Waals surface area contributed by atoms with Gasteiger partial charge in [0.1, 0.15) is 12.2 Å². The van der Waals surface area contributed by atoms with Crippen LogP contribution < -0.4 is 10.6 Å². The maximum Gasteiger partial charge on any atom is 0.224 e. The lowest BCUT2D eigenvalue weighted by molar-refractivity contribution is 0.582. The Kier molecular flexibility index (Phi) is 5.26. The minimum Gasteiger partial charge on any atom is -0.338 e. The van der Waals surface area contributed by atoms with Crippen LogP contribution in [0.5, 0.6) is 0 Å². The molecule has 0 saturated heterocycles. The quantitative estimate of drug-likeness (QED) is 0.638. The zero-order chi connectivity index (χ0) is 15.5. The van der Waals surface area contributed by atoms with Crippen LogP contribution in [-0.2, 0) is 4.57 Å². The highest BCUT2D eigenvalue weighted by atomic mass is 35.5. The molecule has 2 aromatic rings. The molecular formula is C14H16Cl2N3OP. The maximum absolute atomic E-state index is 13.0. The van der Waals surface area contributed by atoms with Crippen molar-refractivity contribution in [1.82, 2.24) is 9.97 Å². The van der Waals surface area contributed by atoms with Crippen LogP contribution in [0.15, 0.2) is 30.5 Å². The zero-order valence-electron chi connectivity index (χ0n) is 11.8. The molecule has 1 aromatic carbocycles. The summed E-state index contributed by atoms with van der Waals surface area (Å²) >= 11 is 11.9. The molecule has 0 saturated carbocycles. The summed E-state index contributed by atoms with van der Waals surface area (Å²) in [5.41, 5.74) is 0.737. The molecule has 7 heteroatoms. The summed E-state index contributed by atoms with van der Waals surface area (Å²) in [5.74, 6) is 0.405. The van der Waals surface area contributed by atoms with E-state index in [0.717, 1.165) is 11.0 Å². The first-order valence-corrected chi connectivity index (χ1v) is 9.46. The molecule has 0 bridgehead atoms. The number of nitrogens with one attached hydrogen (secondary N) is 1. The van der Waals surface area contributed by atoms with E-state index in [1.54, 1.807) is 0 Å². The standard InChI is InChI=1S/C14H16Cl2N3OP/c1-3-21(20,4-2)12-8-6-5-7-11(12)18-13-10(15)9-17-14(16)19-13/h5-9H,3-4H2,1-2H3,(H,17,18,19). The predicted octanol–water partition coefficient (Wildman–Crippen LogP) is 4.56. The van der Waals surface area contributed by atoms with E-state index in [-0.39, 0.29) is 5.28 Å². The summed E-state index contributed by atoms with van der Waals surface area (Å²) in [4.78, 5) is 7.88. The molecule has 0 amide bonds. The van der Waals surface area contributed by atoms with Crippen molar-refractivity contribution in [2.75, 3.05) is 17.6 Å². The molecule has 0 aliphatic rings. The number of nitrogens with zero attached hydrogens (tertiary/aromatic N) is 2. The van der Waals surface area contributed by atoms with Crippen molar-refractivity contribution < 1.29 is 4.57 Å². The second-order valence-electron chi connectivity index (χ2n) is 4.50. The Balaban J connectivity index is 2.46. The molecule has 0 fully saturated rings. The highest BCUT2D eigenvalue weighted by molar-refractivity contribution is 7.71. The Morgan fingerprint density at radius 1 is 1.19 bits per heavy atom. The van der Waals surface area contributed by atoms with E-state index in [1.165, 1.54) is 6.20 Å². The number of para-hydroxylation sites is 1. The minimum absolute atomic E-state index is 0.105. The van der Waals surface area contributed by atoms with Crippen molar-refractivity contribution in [3.05, 3.63) is 40.8 Å². The molecule has 0 atom stereocenters. The Morgan fingerprint density at radius 3 is 2.52 bits per heavy atom. The summed E-state index contributed by atoms with van der Waals surface area (Å²) in [7, 11) is -2.42. The van der Waals surface area contributed by atoms with Crippen molar-refractivity contribution in [2.45, 2.75) is 13.8 Å². The van der Waals surface area contributed by atoms with Gasteiger partial charge in [0.2, 0.25) is 5.28 Å². The van der Waals surface area contributed by atoms with Crippen molar-refractivity contribution in [3.8, 4) is 0 Å². The van der Waals surface area contributed by atoms with Gasteiger partial charge in [0.25, 0.3) is 0 Å². The molecular weight excluding hydrogens is 328 g/mol. The number of hydrogen-bond donors (Lipinski definition) is 1. The second-order valence-corrected chi connectivity index (χ2v) is 8.77. The lowest BCUT2D eigenvalue weighted by atomic mass is 10.3. The first-order chi connectivity index (χ1) is 10.00. The van der Waals surface area contributed by atoms with Crippen LogP contribution >= 0.6 is 30.3 Å². The van der Waals surface area contributed by atoms with Crippen LogP contribution in [0.25, 0.3) is 0 Å². The van der Waals surface area contributed by atoms with Gasteiger partial charge in [0.05, 0.1) is 11.9 Å². The Morgan fingerprint density at radius 2 is 1.86 bits per heavy atom. The van der Waals surface area contributed by atoms with Crippen molar-refractivity contribution in [3.63, 3.8) is 0 Å². The molecule has 0 aliphatic carbocycles. The highest BCUT2D eigenvalue weighted by Gasteiger charge is 2.23. The molecule has 2 rings (SSSR count). The predicted molar refractivity (Wildman–Crippen MR) is 90.1 cm³/mol. The number of anilines is 2. The third kappa shape index (κ3) is 3.57. The number of halogens is 2. The van der Waals surface area contributed by atoms with Gasteiger partial charge in [-0.05, 0) is 23.7 Å². The van der Waals surface area contributed by atoms with Crippen molar-refractivity contribution >= 4 is 47.2 Å². The molecule has 1 heterocycles. The molecule has 21 heavy (non-hydrogen) atoms. The highest BCUT2D eigenvalue weighted by Crippen LogP contribution is 2.45. The number of rotatable bonds is 5. The summed E-state index contributed by atoms with van der Waals surface area (Å²) in [6, 6.07) is 7.50. The Labute approximate surface area is 134 Å². The number of hydrogen-bond acceptors (Lipinski definition) is 4. The molecule has 112 valence electrons. The number of aromatic nitrogens is 2. The van der Waals surface area contributed by atoms with Crippen LogP contribution in [0.3, 0.4) is 0 Å². The third-order valence-corrected chi connectivity index (χ3v) is 7.10. The van der Waals surface area contributed by atoms with Gasteiger partial charge in [-0.25, -0.2) is 4.98 Å². The smallest absolute Gasteiger partial charge is 0.224 e. The van der Waals surface area contributed by atoms with Crippen LogP contribution in [-0.4, -0.2) is 22.3 Å². The monoisotopic (exact) mass is 343 g/mol. The van der Waals surface area contributed by atoms with E-state index in [1.807, 2.05) is 38.1 Å². The van der Waals surface area contributed by atoms with Crippen LogP contribution in [0, 0.1) is 0 Å². The van der Waals surface area contributed by atoms with E-state index >= 15 is 0 Å². The first-order valence-electron chi connectivity index (χ1n) is 6.63. The molecule has 4 nitrogen and oxygen atoms in total. The lowest BCUT2D eigenvalue weighted by Crippen LogP contribution is -2.14. The van der Waals surface area contributed by atoms with Crippen molar-refractivity contribution in [2.24, 2.45) is 0 Å². The topological polar surface area (TPSA) is 54.9 Å². The van der Waals surface area contributed by atoms with Crippen molar-refractivity contribution in [1.29, 1.82) is 0 Å². The fourth-order valence-corrected chi connectivity index (χ4v) is 4.39. The van der Waals surface area contributed by atoms with E-state index < -0.39 is 7.14 Å². The van der Waals surface area contributed by atoms with E-state index in [2.05, 4.69) is 15.3 Å². The molecule has 1 N–H and O–H groups in total. The lowest BCUT2D eigenvalue weighted by Gasteiger charge is -2.19. The van der Waals surface area contributed by atoms with E-state index in [9.17, 15) is 4.57 Å². The third-order valence-electron chi connectivity index (χ3n) is 3.33. The van der Waals surface area contributed by atoms with Gasteiger partial charge in [-0.1, -0.05) is 37.6 Å². The van der Waals surface area contributed by atoms with Gasteiger partial charge in [-0.15, -0.1) is 0 Å². The maximum atomic E-state index is 13.0. The second kappa shape index (κ2) is 6.78. The zero-order valence-corrected chi connectivity index (χ0v) is 14.2.